The maximum atomic E-state index is 5.73. The number of nitrogens with two attached hydrogens (primary N) is 2. The molecule has 2 rings (SSSR count). The van der Waals surface area contributed by atoms with E-state index >= 15 is 0 Å². The average molecular weight is 222 g/mol. The van der Waals surface area contributed by atoms with Gasteiger partial charge in [0.15, 0.2) is 11.2 Å². The molecule has 0 radical (unpaired) electrons. The van der Waals surface area contributed by atoms with E-state index in [-0.39, 0.29) is 12.0 Å². The molecule has 2 heterocycles. The van der Waals surface area contributed by atoms with Crippen molar-refractivity contribution in [1.29, 1.82) is 0 Å². The predicted octanol–water partition coefficient (Wildman–Crippen LogP) is -0.236. The van der Waals surface area contributed by atoms with Gasteiger partial charge in [-0.3, -0.25) is 0 Å². The van der Waals surface area contributed by atoms with Gasteiger partial charge >= 0.3 is 0 Å². The van der Waals surface area contributed by atoms with Crippen LogP contribution in [0.4, 0.5) is 5.95 Å². The monoisotopic (exact) mass is 222 g/mol. The van der Waals surface area contributed by atoms with Crippen molar-refractivity contribution in [2.75, 3.05) is 12.8 Å². The second kappa shape index (κ2) is 3.93. The van der Waals surface area contributed by atoms with Crippen LogP contribution in [-0.4, -0.2) is 32.7 Å². The molecule has 1 unspecified atom stereocenters. The van der Waals surface area contributed by atoms with Crippen LogP contribution in [0.1, 0.15) is 6.92 Å². The summed E-state index contributed by atoms with van der Waals surface area (Å²) >= 11 is 0. The molecule has 0 aliphatic heterocycles. The molecule has 0 saturated heterocycles. The van der Waals surface area contributed by atoms with Crippen molar-refractivity contribution in [3.63, 3.8) is 0 Å². The van der Waals surface area contributed by atoms with Gasteiger partial charge in [0.1, 0.15) is 0 Å². The summed E-state index contributed by atoms with van der Waals surface area (Å²) in [6.07, 6.45) is 1.66. The molecule has 0 aliphatic rings. The average Bonchev–Trinajstić information content (AvgIpc) is 2.59. The number of nitrogens with zero attached hydrogens (tertiary/aromatic N) is 4. The van der Waals surface area contributed by atoms with Crippen LogP contribution in [0, 0.1) is 0 Å². The van der Waals surface area contributed by atoms with Gasteiger partial charge in [-0.05, 0) is 6.92 Å². The van der Waals surface area contributed by atoms with Crippen molar-refractivity contribution in [3.8, 4) is 5.88 Å². The Labute approximate surface area is 92.4 Å². The fraction of sp³-hybridized carbons (Fsp3) is 0.444. The molecule has 7 nitrogen and oxygen atoms in total. The smallest absolute Gasteiger partial charge is 0.246 e. The van der Waals surface area contributed by atoms with E-state index in [9.17, 15) is 0 Å². The maximum absolute atomic E-state index is 5.73. The number of anilines is 1. The summed E-state index contributed by atoms with van der Waals surface area (Å²) in [5.74, 6) is 0.543. The zero-order valence-corrected chi connectivity index (χ0v) is 9.21. The molecule has 0 saturated carbocycles. The molecule has 0 bridgehead atoms. The summed E-state index contributed by atoms with van der Waals surface area (Å²) in [6, 6.07) is 0.0135. The third-order valence-corrected chi connectivity index (χ3v) is 2.13. The van der Waals surface area contributed by atoms with Crippen molar-refractivity contribution in [2.24, 2.45) is 5.73 Å². The van der Waals surface area contributed by atoms with Crippen LogP contribution in [-0.2, 0) is 6.54 Å². The third-order valence-electron chi connectivity index (χ3n) is 2.13. The van der Waals surface area contributed by atoms with E-state index in [2.05, 4.69) is 15.0 Å². The summed E-state index contributed by atoms with van der Waals surface area (Å²) in [5.41, 5.74) is 12.5. The standard InChI is InChI=1S/C9H14N6O/c1-5(10)3-15-4-12-6-7(15)13-9(11)14-8(6)16-2/h4-5H,3,10H2,1-2H3,(H2,11,13,14). The molecule has 2 aromatic rings. The van der Waals surface area contributed by atoms with E-state index in [1.54, 1.807) is 6.33 Å². The van der Waals surface area contributed by atoms with Crippen molar-refractivity contribution >= 4 is 17.1 Å². The van der Waals surface area contributed by atoms with Gasteiger partial charge in [0, 0.05) is 12.6 Å². The van der Waals surface area contributed by atoms with E-state index in [0.29, 0.717) is 23.6 Å². The first-order chi connectivity index (χ1) is 7.61. The topological polar surface area (TPSA) is 105 Å². The number of aromatic nitrogens is 4. The van der Waals surface area contributed by atoms with Gasteiger partial charge in [0.2, 0.25) is 11.8 Å². The number of hydrogen-bond acceptors (Lipinski definition) is 6. The lowest BCUT2D eigenvalue weighted by atomic mass is 10.3. The van der Waals surface area contributed by atoms with Crippen molar-refractivity contribution < 1.29 is 4.74 Å². The summed E-state index contributed by atoms with van der Waals surface area (Å²) in [4.78, 5) is 12.3. The molecule has 0 aromatic carbocycles. The Kier molecular flexibility index (Phi) is 2.61. The molecular weight excluding hydrogens is 208 g/mol. The number of hydrogen-bond donors (Lipinski definition) is 2. The minimum absolute atomic E-state index is 0.0135. The Bertz CT molecular complexity index is 506. The van der Waals surface area contributed by atoms with E-state index in [1.165, 1.54) is 7.11 Å². The van der Waals surface area contributed by atoms with Crippen LogP contribution in [0.25, 0.3) is 11.2 Å². The SMILES string of the molecule is COc1nc(N)nc2c1ncn2CC(C)N. The highest BCUT2D eigenvalue weighted by Gasteiger charge is 2.12. The largest absolute Gasteiger partial charge is 0.479 e. The number of rotatable bonds is 3. The van der Waals surface area contributed by atoms with Crippen LogP contribution in [0.5, 0.6) is 5.88 Å². The van der Waals surface area contributed by atoms with Gasteiger partial charge < -0.3 is 20.8 Å². The Hall–Kier alpha value is -1.89. The fourth-order valence-corrected chi connectivity index (χ4v) is 1.52. The highest BCUT2D eigenvalue weighted by atomic mass is 16.5. The van der Waals surface area contributed by atoms with E-state index in [0.717, 1.165) is 0 Å². The number of methoxy groups -OCH3 is 1. The summed E-state index contributed by atoms with van der Waals surface area (Å²) < 4.78 is 6.92. The van der Waals surface area contributed by atoms with Gasteiger partial charge in [-0.25, -0.2) is 4.98 Å². The molecule has 86 valence electrons. The molecule has 4 N–H and O–H groups in total. The number of fused-ring (bicyclic) bond motifs is 1. The lowest BCUT2D eigenvalue weighted by Gasteiger charge is -2.07. The highest BCUT2D eigenvalue weighted by molar-refractivity contribution is 5.77. The lowest BCUT2D eigenvalue weighted by Crippen LogP contribution is -2.21. The van der Waals surface area contributed by atoms with Crippen molar-refractivity contribution in [1.82, 2.24) is 19.5 Å². The Morgan fingerprint density at radius 3 is 2.88 bits per heavy atom. The first kappa shape index (κ1) is 10.6. The van der Waals surface area contributed by atoms with Gasteiger partial charge in [-0.2, -0.15) is 9.97 Å². The molecule has 0 aliphatic carbocycles. The second-order valence-electron chi connectivity index (χ2n) is 3.64. The Balaban J connectivity index is 2.58. The number of ether oxygens (including phenoxy) is 1. The zero-order chi connectivity index (χ0) is 11.7. The van der Waals surface area contributed by atoms with Gasteiger partial charge in [0.25, 0.3) is 0 Å². The van der Waals surface area contributed by atoms with E-state index in [1.807, 2.05) is 11.5 Å². The Morgan fingerprint density at radius 2 is 2.25 bits per heavy atom. The van der Waals surface area contributed by atoms with Crippen molar-refractivity contribution in [3.05, 3.63) is 6.33 Å². The van der Waals surface area contributed by atoms with Gasteiger partial charge in [-0.1, -0.05) is 0 Å². The predicted molar refractivity (Wildman–Crippen MR) is 59.9 cm³/mol. The number of imidazole rings is 1. The quantitative estimate of drug-likeness (QED) is 0.742. The molecule has 16 heavy (non-hydrogen) atoms. The minimum Gasteiger partial charge on any atom is -0.479 e. The molecule has 0 fully saturated rings. The van der Waals surface area contributed by atoms with Crippen LogP contribution >= 0.6 is 0 Å². The van der Waals surface area contributed by atoms with Crippen LogP contribution in [0.15, 0.2) is 6.33 Å². The summed E-state index contributed by atoms with van der Waals surface area (Å²) in [7, 11) is 1.52. The molecule has 2 aromatic heterocycles. The maximum Gasteiger partial charge on any atom is 0.246 e. The summed E-state index contributed by atoms with van der Waals surface area (Å²) in [5, 5.41) is 0. The van der Waals surface area contributed by atoms with E-state index < -0.39 is 0 Å². The normalized spacial score (nSPS) is 12.9. The molecule has 7 heteroatoms. The Morgan fingerprint density at radius 1 is 1.50 bits per heavy atom. The summed E-state index contributed by atoms with van der Waals surface area (Å²) in [6.45, 7) is 2.53. The van der Waals surface area contributed by atoms with Crippen LogP contribution < -0.4 is 16.2 Å². The molecule has 0 amide bonds. The first-order valence-electron chi connectivity index (χ1n) is 4.89. The third kappa shape index (κ3) is 1.76. The van der Waals surface area contributed by atoms with Gasteiger partial charge in [-0.15, -0.1) is 0 Å². The van der Waals surface area contributed by atoms with E-state index in [4.69, 9.17) is 16.2 Å². The first-order valence-corrected chi connectivity index (χ1v) is 4.89. The zero-order valence-electron chi connectivity index (χ0n) is 9.21. The lowest BCUT2D eigenvalue weighted by molar-refractivity contribution is 0.402. The highest BCUT2D eigenvalue weighted by Crippen LogP contribution is 2.21. The number of nitrogen functional groups attached to an aromatic ring is 1. The molecule has 0 spiro atoms. The minimum atomic E-state index is 0.0135. The second-order valence-corrected chi connectivity index (χ2v) is 3.64. The van der Waals surface area contributed by atoms with Crippen LogP contribution in [0.2, 0.25) is 0 Å². The fourth-order valence-electron chi connectivity index (χ4n) is 1.52. The van der Waals surface area contributed by atoms with Crippen molar-refractivity contribution in [2.45, 2.75) is 19.5 Å². The molecular formula is C9H14N6O. The van der Waals surface area contributed by atoms with Crippen LogP contribution in [0.3, 0.4) is 0 Å². The molecule has 1 atom stereocenters. The van der Waals surface area contributed by atoms with Gasteiger partial charge in [0.05, 0.1) is 13.4 Å².